The van der Waals surface area contributed by atoms with Crippen LogP contribution in [-0.4, -0.2) is 6.04 Å². The molecule has 0 bridgehead atoms. The lowest BCUT2D eigenvalue weighted by Crippen LogP contribution is -2.43. The van der Waals surface area contributed by atoms with Gasteiger partial charge in [-0.1, -0.05) is 6.92 Å². The van der Waals surface area contributed by atoms with Gasteiger partial charge >= 0.3 is 0 Å². The highest BCUT2D eigenvalue weighted by Crippen LogP contribution is 2.28. The Bertz CT molecular complexity index is 255. The molecule has 1 saturated carbocycles. The Morgan fingerprint density at radius 2 is 2.38 bits per heavy atom. The van der Waals surface area contributed by atoms with Crippen molar-refractivity contribution in [1.82, 2.24) is 5.32 Å². The fourth-order valence-corrected chi connectivity index (χ4v) is 1.85. The van der Waals surface area contributed by atoms with E-state index in [1.54, 1.807) is 6.26 Å². The third-order valence-corrected chi connectivity index (χ3v) is 3.13. The molecule has 0 spiro atoms. The highest BCUT2D eigenvalue weighted by Gasteiger charge is 2.27. The Morgan fingerprint density at radius 3 is 2.85 bits per heavy atom. The second-order valence-electron chi connectivity index (χ2n) is 4.11. The predicted molar refractivity (Wildman–Crippen MR) is 52.4 cm³/mol. The van der Waals surface area contributed by atoms with Crippen LogP contribution in [0.2, 0.25) is 0 Å². The SMILES string of the molecule is CC(NC1CCC1C)c1ccoc1. The molecule has 72 valence electrons. The molecule has 0 saturated heterocycles. The second kappa shape index (κ2) is 3.54. The summed E-state index contributed by atoms with van der Waals surface area (Å²) in [5.41, 5.74) is 1.25. The van der Waals surface area contributed by atoms with Crippen molar-refractivity contribution in [2.75, 3.05) is 0 Å². The number of furan rings is 1. The first-order valence-corrected chi connectivity index (χ1v) is 5.05. The summed E-state index contributed by atoms with van der Waals surface area (Å²) < 4.78 is 5.06. The highest BCUT2D eigenvalue weighted by atomic mass is 16.3. The molecule has 2 nitrogen and oxygen atoms in total. The molecular weight excluding hydrogens is 162 g/mol. The zero-order chi connectivity index (χ0) is 9.26. The summed E-state index contributed by atoms with van der Waals surface area (Å²) in [6.07, 6.45) is 6.25. The van der Waals surface area contributed by atoms with E-state index in [1.807, 2.05) is 12.3 Å². The quantitative estimate of drug-likeness (QED) is 0.771. The smallest absolute Gasteiger partial charge is 0.0950 e. The van der Waals surface area contributed by atoms with Gasteiger partial charge in [0, 0.05) is 17.6 Å². The van der Waals surface area contributed by atoms with Crippen LogP contribution in [0.4, 0.5) is 0 Å². The van der Waals surface area contributed by atoms with E-state index in [-0.39, 0.29) is 0 Å². The summed E-state index contributed by atoms with van der Waals surface area (Å²) in [5.74, 6) is 0.842. The van der Waals surface area contributed by atoms with E-state index in [4.69, 9.17) is 4.42 Å². The molecule has 0 aromatic carbocycles. The van der Waals surface area contributed by atoms with Gasteiger partial charge in [-0.3, -0.25) is 0 Å². The fourth-order valence-electron chi connectivity index (χ4n) is 1.85. The molecule has 1 fully saturated rings. The summed E-state index contributed by atoms with van der Waals surface area (Å²) in [5, 5.41) is 3.61. The molecule has 1 aromatic heterocycles. The zero-order valence-electron chi connectivity index (χ0n) is 8.29. The summed E-state index contributed by atoms with van der Waals surface area (Å²) in [7, 11) is 0. The maximum atomic E-state index is 5.06. The van der Waals surface area contributed by atoms with E-state index in [1.165, 1.54) is 18.4 Å². The van der Waals surface area contributed by atoms with Crippen LogP contribution in [0.25, 0.3) is 0 Å². The van der Waals surface area contributed by atoms with Crippen LogP contribution in [-0.2, 0) is 0 Å². The van der Waals surface area contributed by atoms with Crippen LogP contribution in [0.5, 0.6) is 0 Å². The molecule has 1 aliphatic carbocycles. The average Bonchev–Trinajstić information content (AvgIpc) is 2.64. The highest BCUT2D eigenvalue weighted by molar-refractivity contribution is 5.11. The van der Waals surface area contributed by atoms with E-state index >= 15 is 0 Å². The van der Waals surface area contributed by atoms with Gasteiger partial charge in [0.05, 0.1) is 12.5 Å². The van der Waals surface area contributed by atoms with Crippen LogP contribution >= 0.6 is 0 Å². The molecule has 0 aliphatic heterocycles. The van der Waals surface area contributed by atoms with Crippen LogP contribution in [0.3, 0.4) is 0 Å². The first-order valence-electron chi connectivity index (χ1n) is 5.05. The zero-order valence-corrected chi connectivity index (χ0v) is 8.29. The Morgan fingerprint density at radius 1 is 1.54 bits per heavy atom. The third kappa shape index (κ3) is 1.78. The van der Waals surface area contributed by atoms with E-state index in [9.17, 15) is 0 Å². The monoisotopic (exact) mass is 179 g/mol. The fraction of sp³-hybridized carbons (Fsp3) is 0.636. The minimum absolute atomic E-state index is 0.423. The first kappa shape index (κ1) is 8.82. The molecule has 1 aliphatic rings. The predicted octanol–water partition coefficient (Wildman–Crippen LogP) is 2.73. The maximum absolute atomic E-state index is 5.06. The van der Waals surface area contributed by atoms with Crippen LogP contribution < -0.4 is 5.32 Å². The molecular formula is C11H17NO. The summed E-state index contributed by atoms with van der Waals surface area (Å²) in [6.45, 7) is 4.50. The first-order chi connectivity index (χ1) is 6.27. The van der Waals surface area contributed by atoms with Gasteiger partial charge in [-0.25, -0.2) is 0 Å². The van der Waals surface area contributed by atoms with Gasteiger partial charge in [0.2, 0.25) is 0 Å². The minimum atomic E-state index is 0.423. The lowest BCUT2D eigenvalue weighted by molar-refractivity contribution is 0.213. The second-order valence-corrected chi connectivity index (χ2v) is 4.11. The van der Waals surface area contributed by atoms with Gasteiger partial charge in [0.25, 0.3) is 0 Å². The van der Waals surface area contributed by atoms with E-state index in [2.05, 4.69) is 19.2 Å². The van der Waals surface area contributed by atoms with Gasteiger partial charge < -0.3 is 9.73 Å². The van der Waals surface area contributed by atoms with E-state index in [0.717, 1.165) is 5.92 Å². The minimum Gasteiger partial charge on any atom is -0.472 e. The van der Waals surface area contributed by atoms with Crippen molar-refractivity contribution < 1.29 is 4.42 Å². The summed E-state index contributed by atoms with van der Waals surface area (Å²) in [4.78, 5) is 0. The van der Waals surface area contributed by atoms with Gasteiger partial charge in [0.15, 0.2) is 0 Å². The number of hydrogen-bond donors (Lipinski definition) is 1. The van der Waals surface area contributed by atoms with E-state index < -0.39 is 0 Å². The Labute approximate surface area is 79.3 Å². The van der Waals surface area contributed by atoms with Crippen molar-refractivity contribution in [1.29, 1.82) is 0 Å². The standard InChI is InChI=1S/C11H17NO/c1-8-3-4-11(8)12-9(2)10-5-6-13-7-10/h5-9,11-12H,3-4H2,1-2H3. The molecule has 0 amide bonds. The molecule has 1 aromatic rings. The summed E-state index contributed by atoms with van der Waals surface area (Å²) in [6, 6.07) is 3.16. The van der Waals surface area contributed by atoms with Gasteiger partial charge in [-0.2, -0.15) is 0 Å². The van der Waals surface area contributed by atoms with Crippen molar-refractivity contribution in [2.24, 2.45) is 5.92 Å². The van der Waals surface area contributed by atoms with Crippen molar-refractivity contribution in [2.45, 2.75) is 38.8 Å². The largest absolute Gasteiger partial charge is 0.472 e. The van der Waals surface area contributed by atoms with Gasteiger partial charge in [0.1, 0.15) is 0 Å². The molecule has 0 radical (unpaired) electrons. The van der Waals surface area contributed by atoms with Crippen LogP contribution in [0.1, 0.15) is 38.3 Å². The number of rotatable bonds is 3. The number of nitrogens with one attached hydrogen (secondary N) is 1. The molecule has 3 atom stereocenters. The Balaban J connectivity index is 1.88. The van der Waals surface area contributed by atoms with Crippen molar-refractivity contribution >= 4 is 0 Å². The molecule has 13 heavy (non-hydrogen) atoms. The molecule has 2 heteroatoms. The Hall–Kier alpha value is -0.760. The van der Waals surface area contributed by atoms with Crippen molar-refractivity contribution in [3.05, 3.63) is 24.2 Å². The van der Waals surface area contributed by atoms with Crippen molar-refractivity contribution in [3.8, 4) is 0 Å². The van der Waals surface area contributed by atoms with Gasteiger partial charge in [-0.05, 0) is 31.7 Å². The molecule has 3 unspecified atom stereocenters. The molecule has 1 heterocycles. The summed E-state index contributed by atoms with van der Waals surface area (Å²) >= 11 is 0. The molecule has 1 N–H and O–H groups in total. The maximum Gasteiger partial charge on any atom is 0.0950 e. The third-order valence-electron chi connectivity index (χ3n) is 3.13. The van der Waals surface area contributed by atoms with Crippen LogP contribution in [0, 0.1) is 5.92 Å². The Kier molecular flexibility index (Phi) is 2.40. The normalized spacial score (nSPS) is 29.7. The van der Waals surface area contributed by atoms with Crippen LogP contribution in [0.15, 0.2) is 23.0 Å². The van der Waals surface area contributed by atoms with Crippen molar-refractivity contribution in [3.63, 3.8) is 0 Å². The lowest BCUT2D eigenvalue weighted by atomic mass is 9.80. The molecule has 2 rings (SSSR count). The lowest BCUT2D eigenvalue weighted by Gasteiger charge is -2.36. The van der Waals surface area contributed by atoms with E-state index in [0.29, 0.717) is 12.1 Å². The number of hydrogen-bond acceptors (Lipinski definition) is 2. The topological polar surface area (TPSA) is 25.2 Å². The van der Waals surface area contributed by atoms with Gasteiger partial charge in [-0.15, -0.1) is 0 Å². The average molecular weight is 179 g/mol.